The number of anilines is 1. The van der Waals surface area contributed by atoms with Gasteiger partial charge in [-0.3, -0.25) is 14.9 Å². The van der Waals surface area contributed by atoms with Crippen molar-refractivity contribution < 1.29 is 19.2 Å². The van der Waals surface area contributed by atoms with Crippen LogP contribution in [0.5, 0.6) is 6.01 Å². The molecular weight excluding hydrogens is 486 g/mol. The Kier molecular flexibility index (Phi) is 7.57. The van der Waals surface area contributed by atoms with E-state index in [-0.39, 0.29) is 22.3 Å². The summed E-state index contributed by atoms with van der Waals surface area (Å²) in [6, 6.07) is 18.9. The van der Waals surface area contributed by atoms with Crippen molar-refractivity contribution in [1.82, 2.24) is 14.8 Å². The lowest BCUT2D eigenvalue weighted by molar-refractivity contribution is -0.384. The average molecular weight is 508 g/mol. The van der Waals surface area contributed by atoms with Gasteiger partial charge in [0.2, 0.25) is 0 Å². The molecule has 4 rings (SSSR count). The Morgan fingerprint density at radius 2 is 1.81 bits per heavy atom. The molecule has 0 saturated carbocycles. The van der Waals surface area contributed by atoms with Crippen molar-refractivity contribution in [2.75, 3.05) is 25.6 Å². The first-order valence-corrected chi connectivity index (χ1v) is 11.2. The van der Waals surface area contributed by atoms with Gasteiger partial charge in [0.05, 0.1) is 17.2 Å². The average Bonchev–Trinajstić information content (AvgIpc) is 3.29. The Balaban J connectivity index is 1.58. The zero-order valence-corrected chi connectivity index (χ0v) is 20.2. The van der Waals surface area contributed by atoms with Crippen LogP contribution in [0.4, 0.5) is 11.4 Å². The summed E-state index contributed by atoms with van der Waals surface area (Å²) in [5, 5.41) is 18.3. The smallest absolute Gasteiger partial charge is 0.336 e. The molecule has 0 aliphatic rings. The van der Waals surface area contributed by atoms with Crippen molar-refractivity contribution in [3.8, 4) is 23.1 Å². The number of aryl methyl sites for hydroxylation is 1. The maximum Gasteiger partial charge on any atom is 0.336 e. The van der Waals surface area contributed by atoms with Gasteiger partial charge in [-0.25, -0.2) is 4.68 Å². The van der Waals surface area contributed by atoms with E-state index >= 15 is 0 Å². The number of hydrogen-bond acceptors (Lipinski definition) is 7. The maximum absolute atomic E-state index is 12.6. The minimum atomic E-state index is -0.634. The Morgan fingerprint density at radius 1 is 1.08 bits per heavy atom. The number of halogens is 1. The second kappa shape index (κ2) is 11.0. The molecule has 0 atom stereocenters. The van der Waals surface area contributed by atoms with Crippen LogP contribution in [-0.2, 0) is 4.74 Å². The number of methoxy groups -OCH3 is 1. The standard InChI is InChI=1S/C25H22ClN5O5/c1-16-3-5-17(6-4-16)23-28-25(36-14-13-35-2)29-30(23)20-10-8-19(9-11-20)27-24(32)18-7-12-21(26)22(15-18)31(33)34/h3-12,15H,13-14H2,1-2H3,(H,27,32). The number of nitro groups is 1. The van der Waals surface area contributed by atoms with E-state index < -0.39 is 10.8 Å². The van der Waals surface area contributed by atoms with Gasteiger partial charge < -0.3 is 14.8 Å². The number of ether oxygens (including phenoxy) is 2. The molecule has 1 N–H and O–H groups in total. The Hall–Kier alpha value is -4.28. The molecule has 0 aliphatic carbocycles. The van der Waals surface area contributed by atoms with Crippen LogP contribution >= 0.6 is 11.6 Å². The third-order valence-electron chi connectivity index (χ3n) is 5.19. The maximum atomic E-state index is 12.6. The fourth-order valence-electron chi connectivity index (χ4n) is 3.32. The van der Waals surface area contributed by atoms with Gasteiger partial charge >= 0.3 is 6.01 Å². The lowest BCUT2D eigenvalue weighted by Gasteiger charge is -2.09. The van der Waals surface area contributed by atoms with Crippen molar-refractivity contribution in [3.05, 3.63) is 93.0 Å². The SMILES string of the molecule is COCCOc1nc(-c2ccc(C)cc2)n(-c2ccc(NC(=O)c3ccc(Cl)c([N+](=O)[O-])c3)cc2)n1. The summed E-state index contributed by atoms with van der Waals surface area (Å²) in [6.07, 6.45) is 0. The topological polar surface area (TPSA) is 121 Å². The number of rotatable bonds is 9. The van der Waals surface area contributed by atoms with Gasteiger partial charge in [0.25, 0.3) is 11.6 Å². The van der Waals surface area contributed by atoms with Crippen LogP contribution in [-0.4, -0.2) is 45.9 Å². The van der Waals surface area contributed by atoms with Crippen LogP contribution < -0.4 is 10.1 Å². The molecule has 0 bridgehead atoms. The first-order valence-electron chi connectivity index (χ1n) is 10.9. The number of hydrogen-bond donors (Lipinski definition) is 1. The molecule has 36 heavy (non-hydrogen) atoms. The second-order valence-electron chi connectivity index (χ2n) is 7.76. The fraction of sp³-hybridized carbons (Fsp3) is 0.160. The number of aromatic nitrogens is 3. The van der Waals surface area contributed by atoms with Crippen molar-refractivity contribution >= 4 is 28.9 Å². The van der Waals surface area contributed by atoms with E-state index in [1.54, 1.807) is 36.1 Å². The number of carbonyl (C=O) groups is 1. The number of nitrogens with zero attached hydrogens (tertiary/aromatic N) is 4. The highest BCUT2D eigenvalue weighted by Crippen LogP contribution is 2.27. The third kappa shape index (κ3) is 5.68. The normalized spacial score (nSPS) is 10.8. The first-order chi connectivity index (χ1) is 17.4. The van der Waals surface area contributed by atoms with E-state index in [4.69, 9.17) is 21.1 Å². The Morgan fingerprint density at radius 3 is 2.47 bits per heavy atom. The number of nitrogens with one attached hydrogen (secondary N) is 1. The molecule has 0 unspecified atom stereocenters. The molecule has 0 saturated heterocycles. The van der Waals surface area contributed by atoms with Crippen molar-refractivity contribution in [3.63, 3.8) is 0 Å². The van der Waals surface area contributed by atoms with Gasteiger partial charge in [0.15, 0.2) is 5.82 Å². The molecule has 0 fully saturated rings. The fourth-order valence-corrected chi connectivity index (χ4v) is 3.51. The van der Waals surface area contributed by atoms with Crippen molar-refractivity contribution in [2.45, 2.75) is 6.92 Å². The van der Waals surface area contributed by atoms with Gasteiger partial charge in [-0.15, -0.1) is 5.10 Å². The van der Waals surface area contributed by atoms with Crippen LogP contribution in [0.1, 0.15) is 15.9 Å². The molecule has 10 nitrogen and oxygen atoms in total. The predicted octanol–water partition coefficient (Wildman–Crippen LogP) is 5.08. The number of benzene rings is 3. The summed E-state index contributed by atoms with van der Waals surface area (Å²) < 4.78 is 12.3. The zero-order chi connectivity index (χ0) is 25.7. The molecule has 184 valence electrons. The number of amides is 1. The molecule has 4 aromatic rings. The first kappa shape index (κ1) is 24.8. The molecule has 0 aliphatic heterocycles. The van der Waals surface area contributed by atoms with E-state index in [2.05, 4.69) is 15.4 Å². The van der Waals surface area contributed by atoms with E-state index in [1.807, 2.05) is 31.2 Å². The minimum Gasteiger partial charge on any atom is -0.460 e. The van der Waals surface area contributed by atoms with Crippen LogP contribution in [0.25, 0.3) is 17.1 Å². The lowest BCUT2D eigenvalue weighted by atomic mass is 10.1. The van der Waals surface area contributed by atoms with Gasteiger partial charge in [0.1, 0.15) is 11.6 Å². The van der Waals surface area contributed by atoms with Gasteiger partial charge in [-0.1, -0.05) is 41.4 Å². The third-order valence-corrected chi connectivity index (χ3v) is 5.51. The van der Waals surface area contributed by atoms with E-state index in [9.17, 15) is 14.9 Å². The predicted molar refractivity (Wildman–Crippen MR) is 135 cm³/mol. The van der Waals surface area contributed by atoms with Gasteiger partial charge in [-0.05, 0) is 43.3 Å². The highest BCUT2D eigenvalue weighted by Gasteiger charge is 2.17. The largest absolute Gasteiger partial charge is 0.460 e. The molecule has 0 radical (unpaired) electrons. The number of nitro benzene ring substituents is 1. The van der Waals surface area contributed by atoms with E-state index in [0.29, 0.717) is 30.4 Å². The molecule has 1 aromatic heterocycles. The van der Waals surface area contributed by atoms with E-state index in [1.165, 1.54) is 12.1 Å². The highest BCUT2D eigenvalue weighted by molar-refractivity contribution is 6.32. The summed E-state index contributed by atoms with van der Waals surface area (Å²) in [5.41, 5.74) is 2.95. The second-order valence-corrected chi connectivity index (χ2v) is 8.17. The van der Waals surface area contributed by atoms with Crippen LogP contribution in [0, 0.1) is 17.0 Å². The zero-order valence-electron chi connectivity index (χ0n) is 19.5. The van der Waals surface area contributed by atoms with Gasteiger partial charge in [0, 0.05) is 30.0 Å². The quantitative estimate of drug-likeness (QED) is 0.190. The lowest BCUT2D eigenvalue weighted by Crippen LogP contribution is -2.12. The highest BCUT2D eigenvalue weighted by atomic mass is 35.5. The Bertz CT molecular complexity index is 1390. The van der Waals surface area contributed by atoms with E-state index in [0.717, 1.165) is 17.2 Å². The molecular formula is C25H22ClN5O5. The summed E-state index contributed by atoms with van der Waals surface area (Å²) in [5.74, 6) is 0.0881. The minimum absolute atomic E-state index is 0.0383. The van der Waals surface area contributed by atoms with Gasteiger partial charge in [-0.2, -0.15) is 4.98 Å². The number of carbonyl (C=O) groups excluding carboxylic acids is 1. The molecule has 11 heteroatoms. The molecule has 1 heterocycles. The molecule has 3 aromatic carbocycles. The summed E-state index contributed by atoms with van der Waals surface area (Å²) in [7, 11) is 1.58. The molecule has 1 amide bonds. The van der Waals surface area contributed by atoms with Crippen LogP contribution in [0.15, 0.2) is 66.7 Å². The van der Waals surface area contributed by atoms with Crippen molar-refractivity contribution in [1.29, 1.82) is 0 Å². The summed E-state index contributed by atoms with van der Waals surface area (Å²) in [6.45, 7) is 2.71. The summed E-state index contributed by atoms with van der Waals surface area (Å²) >= 11 is 5.83. The summed E-state index contributed by atoms with van der Waals surface area (Å²) in [4.78, 5) is 27.6. The monoisotopic (exact) mass is 507 g/mol. The van der Waals surface area contributed by atoms with Crippen LogP contribution in [0.3, 0.4) is 0 Å². The van der Waals surface area contributed by atoms with Crippen LogP contribution in [0.2, 0.25) is 5.02 Å². The molecule has 0 spiro atoms. The van der Waals surface area contributed by atoms with Crippen molar-refractivity contribution in [2.24, 2.45) is 0 Å². The Labute approximate surface area is 211 Å².